The number of carbonyl (C=O) groups excluding carboxylic acids is 1. The second-order valence-corrected chi connectivity index (χ2v) is 8.34. The summed E-state index contributed by atoms with van der Waals surface area (Å²) in [4.78, 5) is 14.2. The van der Waals surface area contributed by atoms with E-state index in [1.807, 2.05) is 13.0 Å². The first-order valence-corrected chi connectivity index (χ1v) is 9.58. The van der Waals surface area contributed by atoms with Crippen molar-refractivity contribution in [2.24, 2.45) is 0 Å². The second-order valence-electron chi connectivity index (χ2n) is 5.66. The first-order chi connectivity index (χ1) is 11.2. The van der Waals surface area contributed by atoms with Crippen molar-refractivity contribution in [1.29, 1.82) is 0 Å². The highest BCUT2D eigenvalue weighted by molar-refractivity contribution is 8.13. The van der Waals surface area contributed by atoms with E-state index in [9.17, 15) is 13.2 Å². The van der Waals surface area contributed by atoms with Crippen LogP contribution in [0.3, 0.4) is 0 Å². The minimum Gasteiger partial charge on any atom is -0.339 e. The molecule has 0 unspecified atom stereocenters. The quantitative estimate of drug-likeness (QED) is 0.836. The molecule has 128 valence electrons. The van der Waals surface area contributed by atoms with Gasteiger partial charge in [0.2, 0.25) is 0 Å². The van der Waals surface area contributed by atoms with E-state index in [0.717, 1.165) is 17.3 Å². The highest BCUT2D eigenvalue weighted by Crippen LogP contribution is 2.26. The molecule has 0 spiro atoms. The van der Waals surface area contributed by atoms with Gasteiger partial charge in [-0.05, 0) is 61.0 Å². The summed E-state index contributed by atoms with van der Waals surface area (Å²) >= 11 is 1.05. The molecule has 0 atom stereocenters. The smallest absolute Gasteiger partial charge is 0.285 e. The topological polar surface area (TPSA) is 66.5 Å². The molecule has 0 aliphatic rings. The number of hydrogen-bond donors (Lipinski definition) is 1. The molecule has 0 aliphatic carbocycles. The summed E-state index contributed by atoms with van der Waals surface area (Å²) in [5.74, 6) is 0. The van der Waals surface area contributed by atoms with E-state index in [1.165, 1.54) is 4.90 Å². The second kappa shape index (κ2) is 7.27. The number of aryl methyl sites for hydroxylation is 2. The lowest BCUT2D eigenvalue weighted by molar-refractivity contribution is 0.241. The van der Waals surface area contributed by atoms with E-state index in [-0.39, 0.29) is 10.1 Å². The fourth-order valence-electron chi connectivity index (χ4n) is 2.02. The molecule has 0 radical (unpaired) electrons. The van der Waals surface area contributed by atoms with Gasteiger partial charge < -0.3 is 4.90 Å². The number of hydrogen-bond acceptors (Lipinski definition) is 4. The van der Waals surface area contributed by atoms with Crippen LogP contribution in [0.1, 0.15) is 11.1 Å². The average molecular weight is 364 g/mol. The molecule has 0 aliphatic heterocycles. The Balaban J connectivity index is 2.27. The van der Waals surface area contributed by atoms with Crippen molar-refractivity contribution in [3.63, 3.8) is 0 Å². The van der Waals surface area contributed by atoms with Gasteiger partial charge in [-0.3, -0.25) is 9.52 Å². The SMILES string of the molecule is Cc1ccc(C)c(S(=O)(=O)Nc2cccc(SC(=O)N(C)C)c2)c1. The van der Waals surface area contributed by atoms with E-state index >= 15 is 0 Å². The van der Waals surface area contributed by atoms with Crippen LogP contribution in [0.5, 0.6) is 0 Å². The zero-order valence-corrected chi connectivity index (χ0v) is 15.7. The summed E-state index contributed by atoms with van der Waals surface area (Å²) < 4.78 is 27.8. The van der Waals surface area contributed by atoms with Crippen molar-refractivity contribution in [2.75, 3.05) is 18.8 Å². The number of nitrogens with zero attached hydrogens (tertiary/aromatic N) is 1. The Hall–Kier alpha value is -1.99. The number of thioether (sulfide) groups is 1. The van der Waals surface area contributed by atoms with Crippen molar-refractivity contribution in [2.45, 2.75) is 23.6 Å². The molecule has 1 amide bonds. The van der Waals surface area contributed by atoms with Gasteiger partial charge in [-0.25, -0.2) is 8.42 Å². The molecule has 2 aromatic carbocycles. The van der Waals surface area contributed by atoms with Gasteiger partial charge in [-0.15, -0.1) is 0 Å². The highest BCUT2D eigenvalue weighted by atomic mass is 32.2. The van der Waals surface area contributed by atoms with Gasteiger partial charge >= 0.3 is 0 Å². The van der Waals surface area contributed by atoms with E-state index in [1.54, 1.807) is 57.4 Å². The molecule has 1 N–H and O–H groups in total. The normalized spacial score (nSPS) is 11.2. The van der Waals surface area contributed by atoms with Crippen LogP contribution >= 0.6 is 11.8 Å². The molecule has 0 aromatic heterocycles. The van der Waals surface area contributed by atoms with Gasteiger partial charge in [0.15, 0.2) is 0 Å². The maximum absolute atomic E-state index is 12.6. The van der Waals surface area contributed by atoms with Gasteiger partial charge in [0.05, 0.1) is 4.90 Å². The molecule has 7 heteroatoms. The molecular weight excluding hydrogens is 344 g/mol. The van der Waals surface area contributed by atoms with Gasteiger partial charge in [-0.1, -0.05) is 18.2 Å². The molecule has 0 fully saturated rings. The molecule has 0 saturated carbocycles. The van der Waals surface area contributed by atoms with Gasteiger partial charge in [0.25, 0.3) is 15.3 Å². The van der Waals surface area contributed by atoms with Crippen LogP contribution in [0.4, 0.5) is 10.5 Å². The summed E-state index contributed by atoms with van der Waals surface area (Å²) in [7, 11) is -0.345. The van der Waals surface area contributed by atoms with Gasteiger partial charge in [-0.2, -0.15) is 0 Å². The fourth-order valence-corrected chi connectivity index (χ4v) is 4.12. The molecule has 2 rings (SSSR count). The number of carbonyl (C=O) groups is 1. The summed E-state index contributed by atoms with van der Waals surface area (Å²) in [6, 6.07) is 12.1. The van der Waals surface area contributed by atoms with E-state index in [2.05, 4.69) is 4.72 Å². The number of rotatable bonds is 4. The van der Waals surface area contributed by atoms with E-state index in [4.69, 9.17) is 0 Å². The summed E-state index contributed by atoms with van der Waals surface area (Å²) in [5, 5.41) is -0.121. The van der Waals surface area contributed by atoms with Crippen LogP contribution in [0.2, 0.25) is 0 Å². The Morgan fingerprint density at radius 2 is 1.79 bits per heavy atom. The van der Waals surface area contributed by atoms with Crippen molar-refractivity contribution in [1.82, 2.24) is 4.90 Å². The average Bonchev–Trinajstić information content (AvgIpc) is 2.49. The van der Waals surface area contributed by atoms with Crippen molar-refractivity contribution < 1.29 is 13.2 Å². The zero-order valence-electron chi connectivity index (χ0n) is 14.0. The predicted octanol–water partition coefficient (Wildman–Crippen LogP) is 3.88. The minimum absolute atomic E-state index is 0.121. The number of sulfonamides is 1. The van der Waals surface area contributed by atoms with Crippen molar-refractivity contribution in [3.05, 3.63) is 53.6 Å². The van der Waals surface area contributed by atoms with Crippen LogP contribution in [0.15, 0.2) is 52.3 Å². The lowest BCUT2D eigenvalue weighted by Gasteiger charge is -2.13. The molecule has 0 bridgehead atoms. The number of amides is 1. The third-order valence-corrected chi connectivity index (χ3v) is 5.84. The standard InChI is InChI=1S/C17H20N2O3S2/c1-12-8-9-13(2)16(10-12)24(21,22)18-14-6-5-7-15(11-14)23-17(20)19(3)4/h5-11,18H,1-4H3. The first-order valence-electron chi connectivity index (χ1n) is 7.28. The monoisotopic (exact) mass is 364 g/mol. The van der Waals surface area contributed by atoms with Gasteiger partial charge in [0, 0.05) is 24.7 Å². The Kier molecular flexibility index (Phi) is 5.56. The third kappa shape index (κ3) is 4.52. The first kappa shape index (κ1) is 18.4. The molecule has 24 heavy (non-hydrogen) atoms. The van der Waals surface area contributed by atoms with Crippen molar-refractivity contribution >= 4 is 32.7 Å². The lowest BCUT2D eigenvalue weighted by atomic mass is 10.2. The summed E-state index contributed by atoms with van der Waals surface area (Å²) in [6.07, 6.45) is 0. The Morgan fingerprint density at radius 1 is 1.08 bits per heavy atom. The van der Waals surface area contributed by atoms with Crippen LogP contribution in [-0.4, -0.2) is 32.7 Å². The third-order valence-electron chi connectivity index (χ3n) is 3.29. The Labute approximate surface area is 147 Å². The number of benzene rings is 2. The number of anilines is 1. The highest BCUT2D eigenvalue weighted by Gasteiger charge is 2.17. The van der Waals surface area contributed by atoms with Crippen LogP contribution < -0.4 is 4.72 Å². The van der Waals surface area contributed by atoms with Crippen molar-refractivity contribution in [3.8, 4) is 0 Å². The summed E-state index contributed by atoms with van der Waals surface area (Å²) in [6.45, 7) is 3.61. The molecule has 5 nitrogen and oxygen atoms in total. The Bertz CT molecular complexity index is 862. The number of nitrogens with one attached hydrogen (secondary N) is 1. The summed E-state index contributed by atoms with van der Waals surface area (Å²) in [5.41, 5.74) is 1.98. The van der Waals surface area contributed by atoms with E-state index in [0.29, 0.717) is 16.1 Å². The van der Waals surface area contributed by atoms with Gasteiger partial charge in [0.1, 0.15) is 0 Å². The Morgan fingerprint density at radius 3 is 2.46 bits per heavy atom. The minimum atomic E-state index is -3.68. The largest absolute Gasteiger partial charge is 0.339 e. The predicted molar refractivity (Wildman–Crippen MR) is 98.1 cm³/mol. The lowest BCUT2D eigenvalue weighted by Crippen LogP contribution is -2.16. The molecule has 0 saturated heterocycles. The maximum atomic E-state index is 12.6. The van der Waals surface area contributed by atoms with Crippen LogP contribution in [-0.2, 0) is 10.0 Å². The zero-order chi connectivity index (χ0) is 17.9. The van der Waals surface area contributed by atoms with Crippen LogP contribution in [0.25, 0.3) is 0 Å². The molecular formula is C17H20N2O3S2. The molecule has 2 aromatic rings. The fraction of sp³-hybridized carbons (Fsp3) is 0.235. The van der Waals surface area contributed by atoms with Crippen LogP contribution in [0, 0.1) is 13.8 Å². The van der Waals surface area contributed by atoms with E-state index < -0.39 is 10.0 Å². The maximum Gasteiger partial charge on any atom is 0.285 e. The molecule has 0 heterocycles.